The van der Waals surface area contributed by atoms with E-state index in [1.54, 1.807) is 40.2 Å². The van der Waals surface area contributed by atoms with Gasteiger partial charge in [0.1, 0.15) is 18.4 Å². The first-order valence-electron chi connectivity index (χ1n) is 19.1. The van der Waals surface area contributed by atoms with Crippen LogP contribution in [0.2, 0.25) is 0 Å². The number of nitriles is 1. The summed E-state index contributed by atoms with van der Waals surface area (Å²) in [5, 5.41) is 14.3. The van der Waals surface area contributed by atoms with Crippen LogP contribution in [0, 0.1) is 25.2 Å². The van der Waals surface area contributed by atoms with E-state index < -0.39 is 40.9 Å². The van der Waals surface area contributed by atoms with Crippen LogP contribution in [-0.4, -0.2) is 101 Å². The number of aryl methyl sites for hydroxylation is 1. The number of piperazine rings is 1. The van der Waals surface area contributed by atoms with Crippen LogP contribution in [0.4, 0.5) is 0 Å². The molecule has 7 aliphatic rings. The van der Waals surface area contributed by atoms with Crippen molar-refractivity contribution in [3.8, 4) is 46.3 Å². The fourth-order valence-electron chi connectivity index (χ4n) is 10.5. The Bertz CT molecular complexity index is 2260. The number of thioether (sulfide) groups is 1. The monoisotopic (exact) mass is 798 g/mol. The van der Waals surface area contributed by atoms with E-state index in [-0.39, 0.29) is 31.2 Å². The highest BCUT2D eigenvalue weighted by Crippen LogP contribution is 2.64. The van der Waals surface area contributed by atoms with Crippen molar-refractivity contribution in [1.29, 1.82) is 5.26 Å². The molecule has 14 nitrogen and oxygen atoms in total. The molecule has 10 rings (SSSR count). The normalized spacial score (nSPS) is 28.2. The Labute approximate surface area is 335 Å². The Hall–Kier alpha value is -4.88. The number of carbonyl (C=O) groups is 2. The lowest BCUT2D eigenvalue weighted by molar-refractivity contribution is -0.157. The van der Waals surface area contributed by atoms with E-state index in [0.717, 1.165) is 33.4 Å². The fourth-order valence-corrected chi connectivity index (χ4v) is 12.2. The standard InChI is InChI=1S/C42H46N4O10S/c1-19-11-23-12-25-26(15-43)46-27-16-53-41(48)42(24-14-29(50-6)28(49-5)13-22(24)9-10-44-42)17-57-40(34(46)33(45(25)4)30(23)38(52-8)35(19)51-7)32-31(27)39-37(54-18-55-39)20(2)36(32)56-21(3)47/h11,13-14,25-27,33-34,40,44H,9-10,12,16-18H2,1-8H3/t25-,26+,27+,33-,34?,40-,42-/m1/s1. The molecule has 0 saturated carbocycles. The minimum Gasteiger partial charge on any atom is -0.493 e. The number of hydrogen-bond acceptors (Lipinski definition) is 15. The largest absolute Gasteiger partial charge is 0.493 e. The highest BCUT2D eigenvalue weighted by molar-refractivity contribution is 7.99. The lowest BCUT2D eigenvalue weighted by Crippen LogP contribution is -2.69. The molecule has 7 atom stereocenters. The Morgan fingerprint density at radius 1 is 0.947 bits per heavy atom. The molecule has 3 aromatic carbocycles. The Kier molecular flexibility index (Phi) is 9.19. The summed E-state index contributed by atoms with van der Waals surface area (Å²) < 4.78 is 48.7. The summed E-state index contributed by atoms with van der Waals surface area (Å²) in [5.74, 6) is 3.03. The van der Waals surface area contributed by atoms with Gasteiger partial charge < -0.3 is 37.9 Å². The summed E-state index contributed by atoms with van der Waals surface area (Å²) in [7, 11) is 8.55. The van der Waals surface area contributed by atoms with Crippen LogP contribution < -0.4 is 38.5 Å². The molecule has 7 heterocycles. The van der Waals surface area contributed by atoms with Crippen molar-refractivity contribution < 1.29 is 47.5 Å². The van der Waals surface area contributed by atoms with Crippen molar-refractivity contribution in [1.82, 2.24) is 15.1 Å². The highest BCUT2D eigenvalue weighted by Gasteiger charge is 2.62. The number of likely N-dealkylation sites (N-methyl/N-ethyl adjacent to an activating group) is 1. The van der Waals surface area contributed by atoms with Gasteiger partial charge in [-0.15, -0.1) is 11.8 Å². The van der Waals surface area contributed by atoms with Gasteiger partial charge in [0.25, 0.3) is 0 Å². The molecule has 300 valence electrons. The second kappa shape index (κ2) is 13.9. The van der Waals surface area contributed by atoms with Gasteiger partial charge >= 0.3 is 11.9 Å². The zero-order valence-corrected chi connectivity index (χ0v) is 34.1. The molecular weight excluding hydrogens is 753 g/mol. The SMILES string of the molecule is COc1cc2c(cc1OC)[C@@]1(CS[C@@H]3c4c(OC(C)=O)c(C)c5c(c4[C@H](COC1=O)N1C3[C@H]3c4c(cc(C)c(OC)c4OC)C[C@H]([C@@H]1C#N)N3C)OCO5)NCC2. The van der Waals surface area contributed by atoms with Gasteiger partial charge in [0.2, 0.25) is 6.79 Å². The second-order valence-corrected chi connectivity index (χ2v) is 16.6. The van der Waals surface area contributed by atoms with E-state index in [1.165, 1.54) is 6.92 Å². The first kappa shape index (κ1) is 37.7. The fraction of sp³-hybridized carbons (Fsp3) is 0.500. The quantitative estimate of drug-likeness (QED) is 0.283. The van der Waals surface area contributed by atoms with Crippen molar-refractivity contribution in [3.05, 3.63) is 62.7 Å². The number of nitrogens with one attached hydrogen (secondary N) is 1. The summed E-state index contributed by atoms with van der Waals surface area (Å²) in [6, 6.07) is 6.35. The van der Waals surface area contributed by atoms with Crippen LogP contribution in [0.1, 0.15) is 68.8 Å². The van der Waals surface area contributed by atoms with E-state index in [1.807, 2.05) is 26.0 Å². The van der Waals surface area contributed by atoms with E-state index in [2.05, 4.69) is 34.3 Å². The lowest BCUT2D eigenvalue weighted by Gasteiger charge is -2.62. The van der Waals surface area contributed by atoms with Crippen molar-refractivity contribution in [2.24, 2.45) is 0 Å². The molecule has 57 heavy (non-hydrogen) atoms. The molecule has 2 saturated heterocycles. The first-order valence-corrected chi connectivity index (χ1v) is 20.1. The van der Waals surface area contributed by atoms with Gasteiger partial charge in [0.05, 0.1) is 51.8 Å². The predicted molar refractivity (Wildman–Crippen MR) is 208 cm³/mol. The van der Waals surface area contributed by atoms with E-state index in [4.69, 9.17) is 37.9 Å². The number of hydrogen-bond donors (Lipinski definition) is 1. The van der Waals surface area contributed by atoms with Crippen molar-refractivity contribution >= 4 is 23.7 Å². The molecule has 1 spiro atoms. The zero-order chi connectivity index (χ0) is 40.1. The van der Waals surface area contributed by atoms with Crippen molar-refractivity contribution in [2.75, 3.05) is 61.2 Å². The van der Waals surface area contributed by atoms with Gasteiger partial charge in [0.15, 0.2) is 40.0 Å². The summed E-state index contributed by atoms with van der Waals surface area (Å²) in [6.07, 6.45) is 1.25. The highest BCUT2D eigenvalue weighted by atomic mass is 32.2. The maximum Gasteiger partial charge on any atom is 0.331 e. The first-order chi connectivity index (χ1) is 27.5. The number of carbonyl (C=O) groups excluding carboxylic acids is 2. The molecule has 15 heteroatoms. The van der Waals surface area contributed by atoms with Crippen LogP contribution >= 0.6 is 11.8 Å². The van der Waals surface area contributed by atoms with Crippen LogP contribution in [0.3, 0.4) is 0 Å². The molecule has 1 unspecified atom stereocenters. The van der Waals surface area contributed by atoms with Crippen LogP contribution in [0.5, 0.6) is 40.2 Å². The number of ether oxygens (including phenoxy) is 8. The molecule has 0 amide bonds. The minimum absolute atomic E-state index is 0.0334. The molecule has 4 bridgehead atoms. The van der Waals surface area contributed by atoms with Gasteiger partial charge in [-0.25, -0.2) is 4.79 Å². The van der Waals surface area contributed by atoms with Crippen LogP contribution in [-0.2, 0) is 32.7 Å². The number of nitrogens with zero attached hydrogens (tertiary/aromatic N) is 3. The molecule has 0 aliphatic carbocycles. The summed E-state index contributed by atoms with van der Waals surface area (Å²) in [4.78, 5) is 32.5. The third-order valence-electron chi connectivity index (χ3n) is 12.8. The van der Waals surface area contributed by atoms with Gasteiger partial charge in [-0.3, -0.25) is 19.9 Å². The van der Waals surface area contributed by atoms with Gasteiger partial charge in [-0.2, -0.15) is 5.26 Å². The number of methoxy groups -OCH3 is 4. The number of benzene rings is 3. The van der Waals surface area contributed by atoms with E-state index >= 15 is 0 Å². The molecule has 7 aliphatic heterocycles. The summed E-state index contributed by atoms with van der Waals surface area (Å²) in [6.45, 7) is 5.63. The molecular formula is C42H46N4O10S. The third kappa shape index (κ3) is 5.26. The number of fused-ring (bicyclic) bond motifs is 9. The smallest absolute Gasteiger partial charge is 0.331 e. The van der Waals surface area contributed by atoms with E-state index in [9.17, 15) is 14.9 Å². The van der Waals surface area contributed by atoms with Crippen molar-refractivity contribution in [2.45, 2.75) is 74.6 Å². The Balaban J connectivity index is 1.33. The van der Waals surface area contributed by atoms with Gasteiger partial charge in [0, 0.05) is 53.6 Å². The third-order valence-corrected chi connectivity index (χ3v) is 14.3. The van der Waals surface area contributed by atoms with Gasteiger partial charge in [-0.05, 0) is 68.1 Å². The molecule has 1 N–H and O–H groups in total. The maximum atomic E-state index is 14.9. The summed E-state index contributed by atoms with van der Waals surface area (Å²) in [5.41, 5.74) is 5.51. The Morgan fingerprint density at radius 3 is 2.39 bits per heavy atom. The number of rotatable bonds is 5. The molecule has 0 radical (unpaired) electrons. The Morgan fingerprint density at radius 2 is 1.68 bits per heavy atom. The number of esters is 2. The molecule has 0 aromatic heterocycles. The minimum atomic E-state index is -1.28. The predicted octanol–water partition coefficient (Wildman–Crippen LogP) is 4.59. The second-order valence-electron chi connectivity index (χ2n) is 15.5. The summed E-state index contributed by atoms with van der Waals surface area (Å²) >= 11 is 1.57. The van der Waals surface area contributed by atoms with Crippen LogP contribution in [0.25, 0.3) is 0 Å². The van der Waals surface area contributed by atoms with Crippen LogP contribution in [0.15, 0.2) is 18.2 Å². The van der Waals surface area contributed by atoms with E-state index in [0.29, 0.717) is 70.8 Å². The lowest BCUT2D eigenvalue weighted by atomic mass is 9.71. The average molecular weight is 799 g/mol. The molecule has 3 aromatic rings. The van der Waals surface area contributed by atoms with Gasteiger partial charge in [-0.1, -0.05) is 6.07 Å². The topological polar surface area (TPSA) is 150 Å². The average Bonchev–Trinajstić information content (AvgIpc) is 3.70. The maximum absolute atomic E-state index is 14.9. The molecule has 2 fully saturated rings. The van der Waals surface area contributed by atoms with Crippen molar-refractivity contribution in [3.63, 3.8) is 0 Å². The zero-order valence-electron chi connectivity index (χ0n) is 33.3.